The molecule has 3 aromatic carbocycles. The summed E-state index contributed by atoms with van der Waals surface area (Å²) in [5.74, 6) is -2.35. The van der Waals surface area contributed by atoms with E-state index in [2.05, 4.69) is 35.2 Å². The number of rotatable bonds is 7. The number of amides is 1. The van der Waals surface area contributed by atoms with E-state index in [4.69, 9.17) is 10.2 Å². The molecule has 1 saturated heterocycles. The van der Waals surface area contributed by atoms with Gasteiger partial charge in [-0.15, -0.1) is 0 Å². The summed E-state index contributed by atoms with van der Waals surface area (Å²) in [6.45, 7) is 5.51. The van der Waals surface area contributed by atoms with Gasteiger partial charge in [0.1, 0.15) is 0 Å². The second kappa shape index (κ2) is 12.5. The zero-order chi connectivity index (χ0) is 27.9. The van der Waals surface area contributed by atoms with Crippen molar-refractivity contribution in [2.45, 2.75) is 32.7 Å². The third-order valence-electron chi connectivity index (χ3n) is 7.17. The number of likely N-dealkylation sites (tertiary alicyclic amines) is 1. The van der Waals surface area contributed by atoms with Crippen molar-refractivity contribution in [1.82, 2.24) is 4.90 Å². The van der Waals surface area contributed by atoms with Gasteiger partial charge in [0.05, 0.1) is 22.4 Å². The summed E-state index contributed by atoms with van der Waals surface area (Å²) in [5, 5.41) is 17.2. The number of benzene rings is 3. The Labute approximate surface area is 227 Å². The molecule has 2 aliphatic rings. The number of Topliss-reactive ketones (excluding diaryl/α,β-unsaturated/α-hetero) is 1. The van der Waals surface area contributed by atoms with Crippen LogP contribution in [0.3, 0.4) is 0 Å². The van der Waals surface area contributed by atoms with Crippen molar-refractivity contribution in [3.05, 3.63) is 101 Å². The number of hydrogen-bond donors (Lipinski definition) is 2. The molecule has 0 radical (unpaired) electrons. The van der Waals surface area contributed by atoms with E-state index in [1.54, 1.807) is 17.9 Å². The fourth-order valence-corrected chi connectivity index (χ4v) is 5.09. The van der Waals surface area contributed by atoms with Crippen molar-refractivity contribution >= 4 is 29.3 Å². The third kappa shape index (κ3) is 6.97. The summed E-state index contributed by atoms with van der Waals surface area (Å²) in [4.78, 5) is 49.6. The van der Waals surface area contributed by atoms with Crippen molar-refractivity contribution < 1.29 is 29.4 Å². The maximum atomic E-state index is 12.3. The monoisotopic (exact) mass is 528 g/mol. The molecule has 0 aromatic heterocycles. The van der Waals surface area contributed by atoms with E-state index in [1.165, 1.54) is 17.7 Å². The second-order valence-electron chi connectivity index (χ2n) is 9.99. The van der Waals surface area contributed by atoms with Crippen LogP contribution >= 0.6 is 0 Å². The molecule has 2 heterocycles. The number of carboxylic acid groups (broad SMARTS) is 2. The van der Waals surface area contributed by atoms with Crippen LogP contribution in [0.5, 0.6) is 0 Å². The van der Waals surface area contributed by atoms with Crippen LogP contribution in [0, 0.1) is 12.8 Å². The van der Waals surface area contributed by atoms with Crippen LogP contribution in [-0.2, 0) is 11.3 Å². The molecule has 2 aliphatic heterocycles. The van der Waals surface area contributed by atoms with E-state index in [0.717, 1.165) is 50.7 Å². The average molecular weight is 529 g/mol. The fourth-order valence-electron chi connectivity index (χ4n) is 5.09. The summed E-state index contributed by atoms with van der Waals surface area (Å²) in [6.07, 6.45) is 3.28. The predicted molar refractivity (Wildman–Crippen MR) is 147 cm³/mol. The molecule has 2 N–H and O–H groups in total. The van der Waals surface area contributed by atoms with E-state index in [9.17, 15) is 19.2 Å². The predicted octanol–water partition coefficient (Wildman–Crippen LogP) is 4.91. The van der Waals surface area contributed by atoms with Gasteiger partial charge in [-0.1, -0.05) is 42.5 Å². The Morgan fingerprint density at radius 2 is 1.44 bits per heavy atom. The van der Waals surface area contributed by atoms with Crippen molar-refractivity contribution in [2.75, 3.05) is 24.5 Å². The number of aromatic carboxylic acids is 2. The zero-order valence-corrected chi connectivity index (χ0v) is 21.9. The number of carbonyl (C=O) groups excluding carboxylic acids is 2. The standard InChI is InChI=1S/C22H24N2O2.C9H8O4/c25-21-19-8-4-5-9-20(19)24(22(21)26)15-12-17-10-13-23(14-11-17)16-18-6-2-1-3-7-18;1-5-2-6(8(10)11)4-7(3-5)9(12)13/h1-9,17H,10-16H2;2-4H,1H3,(H,10,11)(H,12,13). The van der Waals surface area contributed by atoms with E-state index < -0.39 is 11.9 Å². The van der Waals surface area contributed by atoms with Crippen LogP contribution in [0.15, 0.2) is 72.8 Å². The number of hydrogen-bond acceptors (Lipinski definition) is 5. The lowest BCUT2D eigenvalue weighted by Crippen LogP contribution is -2.36. The lowest BCUT2D eigenvalue weighted by atomic mass is 9.93. The molecule has 8 heteroatoms. The molecular weight excluding hydrogens is 496 g/mol. The van der Waals surface area contributed by atoms with E-state index >= 15 is 0 Å². The van der Waals surface area contributed by atoms with Gasteiger partial charge < -0.3 is 15.1 Å². The smallest absolute Gasteiger partial charge is 0.335 e. The van der Waals surface area contributed by atoms with Crippen molar-refractivity contribution in [3.8, 4) is 0 Å². The molecule has 0 bridgehead atoms. The molecule has 0 atom stereocenters. The summed E-state index contributed by atoms with van der Waals surface area (Å²) < 4.78 is 0. The highest BCUT2D eigenvalue weighted by Gasteiger charge is 2.35. The molecular formula is C31H32N2O6. The van der Waals surface area contributed by atoms with Gasteiger partial charge in [-0.05, 0) is 86.7 Å². The maximum absolute atomic E-state index is 12.3. The first-order valence-corrected chi connectivity index (χ1v) is 13.0. The summed E-state index contributed by atoms with van der Waals surface area (Å²) in [7, 11) is 0. The van der Waals surface area contributed by atoms with Crippen LogP contribution in [-0.4, -0.2) is 58.4 Å². The quantitative estimate of drug-likeness (QED) is 0.419. The normalized spacial score (nSPS) is 15.5. The summed E-state index contributed by atoms with van der Waals surface area (Å²) >= 11 is 0. The Morgan fingerprint density at radius 3 is 2.05 bits per heavy atom. The SMILES string of the molecule is Cc1cc(C(=O)O)cc(C(=O)O)c1.O=C1C(=O)N(CCC2CCN(Cc3ccccc3)CC2)c2ccccc21. The van der Waals surface area contributed by atoms with Gasteiger partial charge in [-0.3, -0.25) is 14.5 Å². The van der Waals surface area contributed by atoms with Gasteiger partial charge in [0.25, 0.3) is 11.7 Å². The molecule has 8 nitrogen and oxygen atoms in total. The van der Waals surface area contributed by atoms with Crippen molar-refractivity contribution in [3.63, 3.8) is 0 Å². The van der Waals surface area contributed by atoms with Gasteiger partial charge in [-0.25, -0.2) is 9.59 Å². The number of piperidine rings is 1. The summed E-state index contributed by atoms with van der Waals surface area (Å²) in [5.41, 5.74) is 3.31. The summed E-state index contributed by atoms with van der Waals surface area (Å²) in [6, 6.07) is 21.9. The first-order valence-electron chi connectivity index (χ1n) is 13.0. The number of para-hydroxylation sites is 1. The first-order chi connectivity index (χ1) is 18.7. The Kier molecular flexibility index (Phi) is 8.88. The van der Waals surface area contributed by atoms with Crippen LogP contribution in [0.2, 0.25) is 0 Å². The lowest BCUT2D eigenvalue weighted by Gasteiger charge is -2.32. The Morgan fingerprint density at radius 1 is 0.846 bits per heavy atom. The van der Waals surface area contributed by atoms with Crippen LogP contribution in [0.25, 0.3) is 0 Å². The number of aryl methyl sites for hydroxylation is 1. The first kappa shape index (κ1) is 27.7. The minimum Gasteiger partial charge on any atom is -0.478 e. The Balaban J connectivity index is 0.000000229. The van der Waals surface area contributed by atoms with Gasteiger partial charge >= 0.3 is 11.9 Å². The lowest BCUT2D eigenvalue weighted by molar-refractivity contribution is -0.114. The number of carboxylic acids is 2. The highest BCUT2D eigenvalue weighted by atomic mass is 16.4. The Hall–Kier alpha value is -4.30. The van der Waals surface area contributed by atoms with E-state index in [0.29, 0.717) is 23.6 Å². The van der Waals surface area contributed by atoms with Crippen molar-refractivity contribution in [1.29, 1.82) is 0 Å². The zero-order valence-electron chi connectivity index (χ0n) is 21.9. The number of fused-ring (bicyclic) bond motifs is 1. The molecule has 39 heavy (non-hydrogen) atoms. The fraction of sp³-hybridized carbons (Fsp3) is 0.290. The van der Waals surface area contributed by atoms with Crippen molar-refractivity contribution in [2.24, 2.45) is 5.92 Å². The van der Waals surface area contributed by atoms with Gasteiger partial charge in [0.15, 0.2) is 0 Å². The molecule has 5 rings (SSSR count). The third-order valence-corrected chi connectivity index (χ3v) is 7.17. The molecule has 3 aromatic rings. The number of carbonyl (C=O) groups is 4. The molecule has 0 aliphatic carbocycles. The molecule has 0 unspecified atom stereocenters. The molecule has 1 fully saturated rings. The molecule has 0 spiro atoms. The van der Waals surface area contributed by atoms with Crippen LogP contribution < -0.4 is 4.90 Å². The van der Waals surface area contributed by atoms with E-state index in [1.807, 2.05) is 18.2 Å². The molecule has 0 saturated carbocycles. The van der Waals surface area contributed by atoms with Crippen LogP contribution in [0.1, 0.15) is 61.5 Å². The minimum atomic E-state index is -1.12. The molecule has 1 amide bonds. The maximum Gasteiger partial charge on any atom is 0.335 e. The second-order valence-corrected chi connectivity index (χ2v) is 9.99. The van der Waals surface area contributed by atoms with Crippen LogP contribution in [0.4, 0.5) is 5.69 Å². The largest absolute Gasteiger partial charge is 0.478 e. The van der Waals surface area contributed by atoms with Gasteiger partial charge in [0, 0.05) is 13.1 Å². The van der Waals surface area contributed by atoms with E-state index in [-0.39, 0.29) is 22.8 Å². The number of nitrogens with zero attached hydrogens (tertiary/aromatic N) is 2. The highest BCUT2D eigenvalue weighted by Crippen LogP contribution is 2.30. The Bertz CT molecular complexity index is 1330. The van der Waals surface area contributed by atoms with Gasteiger partial charge in [0.2, 0.25) is 0 Å². The number of anilines is 1. The average Bonchev–Trinajstić information content (AvgIpc) is 3.18. The highest BCUT2D eigenvalue weighted by molar-refractivity contribution is 6.52. The van der Waals surface area contributed by atoms with Gasteiger partial charge in [-0.2, -0.15) is 0 Å². The number of ketones is 1. The topological polar surface area (TPSA) is 115 Å². The minimum absolute atomic E-state index is 0.00241. The molecule has 202 valence electrons.